The number of hydrogen-bond donors (Lipinski definition) is 0. The van der Waals surface area contributed by atoms with Gasteiger partial charge >= 0.3 is 0 Å². The quantitative estimate of drug-likeness (QED) is 0.823. The van der Waals surface area contributed by atoms with Crippen LogP contribution in [0, 0.1) is 5.82 Å². The molecule has 4 rings (SSSR count). The van der Waals surface area contributed by atoms with Crippen molar-refractivity contribution in [3.05, 3.63) is 52.0 Å². The molecule has 1 aromatic carbocycles. The highest BCUT2D eigenvalue weighted by Crippen LogP contribution is 2.28. The summed E-state index contributed by atoms with van der Waals surface area (Å²) in [7, 11) is 0. The Morgan fingerprint density at radius 2 is 1.92 bits per heavy atom. The van der Waals surface area contributed by atoms with Gasteiger partial charge in [-0.3, -0.25) is 9.69 Å². The fourth-order valence-electron chi connectivity index (χ4n) is 3.83. The first-order valence-corrected chi connectivity index (χ1v) is 10.0. The van der Waals surface area contributed by atoms with E-state index in [1.165, 1.54) is 22.6 Å². The zero-order valence-corrected chi connectivity index (χ0v) is 15.5. The van der Waals surface area contributed by atoms with Gasteiger partial charge in [-0.1, -0.05) is 0 Å². The van der Waals surface area contributed by atoms with Crippen LogP contribution in [-0.4, -0.2) is 48.0 Å². The second kappa shape index (κ2) is 7.76. The Kier molecular flexibility index (Phi) is 5.22. The Morgan fingerprint density at radius 1 is 1.15 bits per heavy atom. The van der Waals surface area contributed by atoms with Gasteiger partial charge in [0, 0.05) is 37.1 Å². The summed E-state index contributed by atoms with van der Waals surface area (Å²) in [5.41, 5.74) is 1.48. The zero-order valence-electron chi connectivity index (χ0n) is 14.7. The maximum absolute atomic E-state index is 12.9. The molecule has 0 spiro atoms. The molecule has 0 saturated carbocycles. The maximum atomic E-state index is 12.9. The summed E-state index contributed by atoms with van der Waals surface area (Å²) < 4.78 is 18.4. The van der Waals surface area contributed by atoms with Crippen LogP contribution < -0.4 is 4.74 Å². The first-order valence-electron chi connectivity index (χ1n) is 9.14. The highest BCUT2D eigenvalue weighted by molar-refractivity contribution is 7.10. The summed E-state index contributed by atoms with van der Waals surface area (Å²) >= 11 is 1.87. The molecule has 1 amide bonds. The van der Waals surface area contributed by atoms with Crippen LogP contribution in [0.2, 0.25) is 0 Å². The summed E-state index contributed by atoms with van der Waals surface area (Å²) in [5, 5.41) is 2.19. The van der Waals surface area contributed by atoms with Crippen LogP contribution in [0.3, 0.4) is 0 Å². The summed E-state index contributed by atoms with van der Waals surface area (Å²) in [4.78, 5) is 18.4. The van der Waals surface area contributed by atoms with Gasteiger partial charge in [0.05, 0.1) is 0 Å². The molecule has 4 nitrogen and oxygen atoms in total. The smallest absolute Gasteiger partial charge is 0.260 e. The molecule has 0 N–H and O–H groups in total. The molecular weight excluding hydrogens is 351 g/mol. The normalized spacial score (nSPS) is 18.6. The van der Waals surface area contributed by atoms with E-state index in [1.807, 2.05) is 16.2 Å². The number of benzene rings is 1. The number of nitrogens with zero attached hydrogens (tertiary/aromatic N) is 2. The maximum Gasteiger partial charge on any atom is 0.260 e. The van der Waals surface area contributed by atoms with E-state index in [1.54, 1.807) is 12.1 Å². The van der Waals surface area contributed by atoms with E-state index in [-0.39, 0.29) is 18.3 Å². The standard InChI is InChI=1S/C20H23FN2O2S/c21-16-1-3-18(4-2-16)25-14-20(24)22-9-5-17(6-10-22)23-11-7-19-15(13-23)8-12-26-19/h1-4,8,12,17H,5-7,9-11,13-14H2. The third-order valence-electron chi connectivity index (χ3n) is 5.35. The molecule has 0 radical (unpaired) electrons. The van der Waals surface area contributed by atoms with Crippen LogP contribution >= 0.6 is 11.3 Å². The monoisotopic (exact) mass is 374 g/mol. The zero-order chi connectivity index (χ0) is 17.9. The molecule has 1 aromatic heterocycles. The third kappa shape index (κ3) is 3.91. The van der Waals surface area contributed by atoms with Gasteiger partial charge < -0.3 is 9.64 Å². The number of hydrogen-bond acceptors (Lipinski definition) is 4. The molecule has 2 aliphatic heterocycles. The summed E-state index contributed by atoms with van der Waals surface area (Å²) in [5.74, 6) is 0.221. The molecule has 0 bridgehead atoms. The number of piperidine rings is 1. The van der Waals surface area contributed by atoms with E-state index < -0.39 is 0 Å². The number of halogens is 1. The van der Waals surface area contributed by atoms with E-state index in [4.69, 9.17) is 4.74 Å². The number of thiophene rings is 1. The van der Waals surface area contributed by atoms with Gasteiger partial charge in [-0.05, 0) is 60.5 Å². The summed E-state index contributed by atoms with van der Waals surface area (Å²) in [6.07, 6.45) is 3.18. The minimum Gasteiger partial charge on any atom is -0.484 e. The van der Waals surface area contributed by atoms with Crippen LogP contribution in [-0.2, 0) is 17.8 Å². The highest BCUT2D eigenvalue weighted by Gasteiger charge is 2.29. The molecular formula is C20H23FN2O2S. The molecule has 6 heteroatoms. The molecule has 0 atom stereocenters. The van der Waals surface area contributed by atoms with Crippen molar-refractivity contribution in [2.24, 2.45) is 0 Å². The lowest BCUT2D eigenvalue weighted by atomic mass is 9.99. The van der Waals surface area contributed by atoms with Crippen molar-refractivity contribution in [1.82, 2.24) is 9.80 Å². The number of carbonyl (C=O) groups excluding carboxylic acids is 1. The lowest BCUT2D eigenvalue weighted by Gasteiger charge is -2.40. The average molecular weight is 374 g/mol. The highest BCUT2D eigenvalue weighted by atomic mass is 32.1. The number of fused-ring (bicyclic) bond motifs is 1. The third-order valence-corrected chi connectivity index (χ3v) is 6.37. The average Bonchev–Trinajstić information content (AvgIpc) is 3.15. The predicted molar refractivity (Wildman–Crippen MR) is 99.9 cm³/mol. The lowest BCUT2D eigenvalue weighted by molar-refractivity contribution is -0.135. The molecule has 1 saturated heterocycles. The Balaban J connectivity index is 1.24. The van der Waals surface area contributed by atoms with Crippen LogP contribution in [0.25, 0.3) is 0 Å². The van der Waals surface area contributed by atoms with Crippen molar-refractivity contribution in [1.29, 1.82) is 0 Å². The van der Waals surface area contributed by atoms with Crippen LogP contribution in [0.1, 0.15) is 23.3 Å². The Morgan fingerprint density at radius 3 is 2.69 bits per heavy atom. The number of ether oxygens (including phenoxy) is 1. The number of carbonyl (C=O) groups is 1. The number of likely N-dealkylation sites (tertiary alicyclic amines) is 1. The fourth-order valence-corrected chi connectivity index (χ4v) is 4.72. The van der Waals surface area contributed by atoms with Gasteiger partial charge in [0.25, 0.3) is 5.91 Å². The van der Waals surface area contributed by atoms with Gasteiger partial charge in [0.2, 0.25) is 0 Å². The van der Waals surface area contributed by atoms with Crippen LogP contribution in [0.5, 0.6) is 5.75 Å². The van der Waals surface area contributed by atoms with Crippen LogP contribution in [0.15, 0.2) is 35.7 Å². The van der Waals surface area contributed by atoms with E-state index in [2.05, 4.69) is 16.3 Å². The van der Waals surface area contributed by atoms with E-state index in [0.29, 0.717) is 11.8 Å². The molecule has 3 heterocycles. The Hall–Kier alpha value is -1.92. The SMILES string of the molecule is O=C(COc1ccc(F)cc1)N1CCC(N2CCc3sccc3C2)CC1. The van der Waals surface area contributed by atoms with Gasteiger partial charge in [-0.15, -0.1) is 11.3 Å². The molecule has 0 unspecified atom stereocenters. The first kappa shape index (κ1) is 17.5. The van der Waals surface area contributed by atoms with Crippen molar-refractivity contribution >= 4 is 17.2 Å². The number of rotatable bonds is 4. The Labute approximate surface area is 157 Å². The van der Waals surface area contributed by atoms with Gasteiger partial charge in [0.1, 0.15) is 11.6 Å². The molecule has 2 aliphatic rings. The van der Waals surface area contributed by atoms with E-state index in [9.17, 15) is 9.18 Å². The summed E-state index contributed by atoms with van der Waals surface area (Å²) in [6, 6.07) is 8.57. The minimum atomic E-state index is -0.307. The molecule has 0 aliphatic carbocycles. The number of amides is 1. The molecule has 26 heavy (non-hydrogen) atoms. The summed E-state index contributed by atoms with van der Waals surface area (Å²) in [6.45, 7) is 3.75. The van der Waals surface area contributed by atoms with Crippen molar-refractivity contribution in [2.75, 3.05) is 26.2 Å². The van der Waals surface area contributed by atoms with Gasteiger partial charge in [0.15, 0.2) is 6.61 Å². The van der Waals surface area contributed by atoms with Crippen LogP contribution in [0.4, 0.5) is 4.39 Å². The van der Waals surface area contributed by atoms with Crippen molar-refractivity contribution in [3.8, 4) is 5.75 Å². The topological polar surface area (TPSA) is 32.8 Å². The molecule has 138 valence electrons. The van der Waals surface area contributed by atoms with E-state index >= 15 is 0 Å². The lowest BCUT2D eigenvalue weighted by Crippen LogP contribution is -2.48. The van der Waals surface area contributed by atoms with Crippen molar-refractivity contribution < 1.29 is 13.9 Å². The fraction of sp³-hybridized carbons (Fsp3) is 0.450. The van der Waals surface area contributed by atoms with Crippen molar-refractivity contribution in [3.63, 3.8) is 0 Å². The Bertz CT molecular complexity index is 753. The second-order valence-electron chi connectivity index (χ2n) is 6.94. The van der Waals surface area contributed by atoms with Gasteiger partial charge in [-0.25, -0.2) is 4.39 Å². The first-order chi connectivity index (χ1) is 12.7. The largest absolute Gasteiger partial charge is 0.484 e. The minimum absolute atomic E-state index is 0.00606. The predicted octanol–water partition coefficient (Wildman–Crippen LogP) is 3.32. The second-order valence-corrected chi connectivity index (χ2v) is 7.94. The molecule has 1 fully saturated rings. The van der Waals surface area contributed by atoms with Gasteiger partial charge in [-0.2, -0.15) is 0 Å². The van der Waals surface area contributed by atoms with E-state index in [0.717, 1.165) is 45.4 Å². The van der Waals surface area contributed by atoms with Crippen molar-refractivity contribution in [2.45, 2.75) is 31.8 Å². The molecule has 2 aromatic rings.